The molecule has 5 heteroatoms. The summed E-state index contributed by atoms with van der Waals surface area (Å²) in [6.45, 7) is 2.16. The number of hydrogen-bond acceptors (Lipinski definition) is 4. The van der Waals surface area contributed by atoms with Crippen molar-refractivity contribution in [2.45, 2.75) is 24.3 Å². The summed E-state index contributed by atoms with van der Waals surface area (Å²) in [4.78, 5) is 2.63. The Labute approximate surface area is 130 Å². The van der Waals surface area contributed by atoms with Crippen molar-refractivity contribution in [2.75, 3.05) is 5.75 Å². The van der Waals surface area contributed by atoms with Gasteiger partial charge in [0.15, 0.2) is 0 Å². The van der Waals surface area contributed by atoms with Crippen molar-refractivity contribution in [3.8, 4) is 0 Å². The molecule has 3 N–H and O–H groups in total. The van der Waals surface area contributed by atoms with Crippen LogP contribution in [-0.4, -0.2) is 5.75 Å². The molecule has 1 heterocycles. The first-order valence-electron chi connectivity index (χ1n) is 6.14. The number of hydrazine groups is 1. The summed E-state index contributed by atoms with van der Waals surface area (Å²) < 4.78 is 1.14. The van der Waals surface area contributed by atoms with Crippen LogP contribution in [0.5, 0.6) is 0 Å². The second-order valence-corrected chi connectivity index (χ2v) is 7.41. The van der Waals surface area contributed by atoms with E-state index >= 15 is 0 Å². The number of thioether (sulfide) groups is 1. The Balaban J connectivity index is 2.08. The van der Waals surface area contributed by atoms with Crippen LogP contribution in [0.15, 0.2) is 45.1 Å². The molecule has 2 rings (SSSR count). The van der Waals surface area contributed by atoms with Crippen molar-refractivity contribution in [2.24, 2.45) is 5.84 Å². The van der Waals surface area contributed by atoms with Gasteiger partial charge in [-0.2, -0.15) is 0 Å². The smallest absolute Gasteiger partial charge is 0.0508 e. The van der Waals surface area contributed by atoms with Crippen LogP contribution in [0.25, 0.3) is 0 Å². The zero-order valence-corrected chi connectivity index (χ0v) is 13.9. The van der Waals surface area contributed by atoms with Crippen molar-refractivity contribution in [1.82, 2.24) is 5.43 Å². The molecule has 0 amide bonds. The summed E-state index contributed by atoms with van der Waals surface area (Å²) in [7, 11) is 0. The number of rotatable bonds is 6. The van der Waals surface area contributed by atoms with Gasteiger partial charge in [0.25, 0.3) is 0 Å². The van der Waals surface area contributed by atoms with Crippen LogP contribution in [-0.2, 0) is 6.42 Å². The third-order valence-electron chi connectivity index (χ3n) is 2.82. The Kier molecular flexibility index (Phi) is 5.91. The topological polar surface area (TPSA) is 38.0 Å². The van der Waals surface area contributed by atoms with E-state index in [1.165, 1.54) is 15.3 Å². The lowest BCUT2D eigenvalue weighted by molar-refractivity contribution is 0.555. The SMILES string of the molecule is CCSc1ccc(C(Cc2cc(Br)cs2)NN)cc1. The lowest BCUT2D eigenvalue weighted by atomic mass is 10.0. The second-order valence-electron chi connectivity index (χ2n) is 4.16. The molecule has 0 bridgehead atoms. The summed E-state index contributed by atoms with van der Waals surface area (Å²) in [6, 6.07) is 11.0. The molecule has 2 aromatic rings. The molecular formula is C14H17BrN2S2. The number of nitrogens with two attached hydrogens (primary N) is 1. The van der Waals surface area contributed by atoms with Gasteiger partial charge < -0.3 is 0 Å². The number of halogens is 1. The monoisotopic (exact) mass is 356 g/mol. The van der Waals surface area contributed by atoms with E-state index in [1.807, 2.05) is 11.8 Å². The molecule has 1 unspecified atom stereocenters. The Bertz CT molecular complexity index is 510. The molecule has 0 aliphatic carbocycles. The van der Waals surface area contributed by atoms with E-state index in [2.05, 4.69) is 64.0 Å². The van der Waals surface area contributed by atoms with Crippen molar-refractivity contribution in [3.63, 3.8) is 0 Å². The van der Waals surface area contributed by atoms with E-state index in [0.29, 0.717) is 0 Å². The van der Waals surface area contributed by atoms with Gasteiger partial charge in [-0.1, -0.05) is 19.1 Å². The highest BCUT2D eigenvalue weighted by molar-refractivity contribution is 9.10. The van der Waals surface area contributed by atoms with Crippen LogP contribution < -0.4 is 11.3 Å². The standard InChI is InChI=1S/C14H17BrN2S2/c1-2-18-12-5-3-10(4-6-12)14(17-16)8-13-7-11(15)9-19-13/h3-7,9,14,17H,2,8,16H2,1H3. The average Bonchev–Trinajstić information content (AvgIpc) is 2.83. The molecule has 1 aromatic carbocycles. The average molecular weight is 357 g/mol. The number of nitrogens with one attached hydrogen (secondary N) is 1. The third-order valence-corrected chi connectivity index (χ3v) is 5.44. The number of benzene rings is 1. The number of hydrogen-bond donors (Lipinski definition) is 2. The van der Waals surface area contributed by atoms with E-state index in [9.17, 15) is 0 Å². The second kappa shape index (κ2) is 7.45. The predicted molar refractivity (Wildman–Crippen MR) is 88.6 cm³/mol. The third kappa shape index (κ3) is 4.33. The van der Waals surface area contributed by atoms with Gasteiger partial charge >= 0.3 is 0 Å². The van der Waals surface area contributed by atoms with E-state index in [-0.39, 0.29) is 6.04 Å². The van der Waals surface area contributed by atoms with Crippen LogP contribution in [0.4, 0.5) is 0 Å². The van der Waals surface area contributed by atoms with Crippen molar-refractivity contribution in [3.05, 3.63) is 50.6 Å². The predicted octanol–water partition coefficient (Wildman–Crippen LogP) is 4.37. The first kappa shape index (κ1) is 15.1. The lowest BCUT2D eigenvalue weighted by Crippen LogP contribution is -2.29. The molecular weight excluding hydrogens is 340 g/mol. The van der Waals surface area contributed by atoms with Crippen LogP contribution in [0.1, 0.15) is 23.4 Å². The van der Waals surface area contributed by atoms with E-state index in [0.717, 1.165) is 16.6 Å². The zero-order valence-electron chi connectivity index (χ0n) is 10.7. The molecule has 1 atom stereocenters. The minimum Gasteiger partial charge on any atom is -0.271 e. The molecule has 0 saturated carbocycles. The maximum atomic E-state index is 5.69. The minimum absolute atomic E-state index is 0.159. The van der Waals surface area contributed by atoms with Gasteiger partial charge in [-0.05, 0) is 45.4 Å². The Morgan fingerprint density at radius 2 is 2.11 bits per heavy atom. The minimum atomic E-state index is 0.159. The summed E-state index contributed by atoms with van der Waals surface area (Å²) in [6.07, 6.45) is 0.910. The molecule has 0 spiro atoms. The summed E-state index contributed by atoms with van der Waals surface area (Å²) in [5.41, 5.74) is 4.14. The van der Waals surface area contributed by atoms with Crippen molar-refractivity contribution in [1.29, 1.82) is 0 Å². The van der Waals surface area contributed by atoms with Gasteiger partial charge in [0.1, 0.15) is 0 Å². The fourth-order valence-electron chi connectivity index (χ4n) is 1.90. The Morgan fingerprint density at radius 1 is 1.37 bits per heavy atom. The molecule has 19 heavy (non-hydrogen) atoms. The van der Waals surface area contributed by atoms with Gasteiger partial charge in [0.05, 0.1) is 6.04 Å². The van der Waals surface area contributed by atoms with Crippen LogP contribution in [0, 0.1) is 0 Å². The van der Waals surface area contributed by atoms with Gasteiger partial charge in [-0.15, -0.1) is 23.1 Å². The van der Waals surface area contributed by atoms with E-state index in [4.69, 9.17) is 5.84 Å². The lowest BCUT2D eigenvalue weighted by Gasteiger charge is -2.15. The highest BCUT2D eigenvalue weighted by Crippen LogP contribution is 2.26. The molecule has 0 aliphatic heterocycles. The van der Waals surface area contributed by atoms with E-state index < -0.39 is 0 Å². The molecule has 2 nitrogen and oxygen atoms in total. The summed E-state index contributed by atoms with van der Waals surface area (Å²) in [5.74, 6) is 6.79. The highest BCUT2D eigenvalue weighted by atomic mass is 79.9. The molecule has 0 radical (unpaired) electrons. The molecule has 0 aliphatic rings. The number of thiophene rings is 1. The Morgan fingerprint density at radius 3 is 2.63 bits per heavy atom. The normalized spacial score (nSPS) is 12.6. The van der Waals surface area contributed by atoms with Gasteiger partial charge in [0.2, 0.25) is 0 Å². The maximum Gasteiger partial charge on any atom is 0.0508 e. The first-order chi connectivity index (χ1) is 9.22. The molecule has 102 valence electrons. The Hall–Kier alpha value is -0.330. The zero-order chi connectivity index (χ0) is 13.7. The van der Waals surface area contributed by atoms with Crippen LogP contribution in [0.2, 0.25) is 0 Å². The molecule has 1 aromatic heterocycles. The first-order valence-corrected chi connectivity index (χ1v) is 8.80. The fraction of sp³-hybridized carbons (Fsp3) is 0.286. The maximum absolute atomic E-state index is 5.69. The van der Waals surface area contributed by atoms with Gasteiger partial charge in [0, 0.05) is 26.0 Å². The highest BCUT2D eigenvalue weighted by Gasteiger charge is 2.11. The van der Waals surface area contributed by atoms with Gasteiger partial charge in [-0.3, -0.25) is 11.3 Å². The van der Waals surface area contributed by atoms with E-state index in [1.54, 1.807) is 11.3 Å². The largest absolute Gasteiger partial charge is 0.271 e. The summed E-state index contributed by atoms with van der Waals surface area (Å²) >= 11 is 7.09. The van der Waals surface area contributed by atoms with Crippen LogP contribution >= 0.6 is 39.0 Å². The quantitative estimate of drug-likeness (QED) is 0.458. The molecule has 0 saturated heterocycles. The fourth-order valence-corrected chi connectivity index (χ4v) is 4.06. The summed E-state index contributed by atoms with van der Waals surface area (Å²) in [5, 5.41) is 2.10. The van der Waals surface area contributed by atoms with Crippen LogP contribution in [0.3, 0.4) is 0 Å². The van der Waals surface area contributed by atoms with Crippen molar-refractivity contribution >= 4 is 39.0 Å². The van der Waals surface area contributed by atoms with Crippen molar-refractivity contribution < 1.29 is 0 Å². The molecule has 0 fully saturated rings. The van der Waals surface area contributed by atoms with Gasteiger partial charge in [-0.25, -0.2) is 0 Å².